The number of hydrogen-bond donors (Lipinski definition) is 1. The molecule has 2 rings (SSSR count). The summed E-state index contributed by atoms with van der Waals surface area (Å²) in [5.74, 6) is 0. The number of benzene rings is 1. The first-order valence-corrected chi connectivity index (χ1v) is 6.65. The van der Waals surface area contributed by atoms with Crippen molar-refractivity contribution in [2.24, 2.45) is 0 Å². The fourth-order valence-corrected chi connectivity index (χ4v) is 2.78. The minimum Gasteiger partial charge on any atom is -0.311 e. The van der Waals surface area contributed by atoms with E-state index in [4.69, 9.17) is 0 Å². The molecule has 0 atom stereocenters. The second-order valence-electron chi connectivity index (χ2n) is 5.64. The van der Waals surface area contributed by atoms with Crippen LogP contribution in [0.4, 0.5) is 0 Å². The van der Waals surface area contributed by atoms with Crippen molar-refractivity contribution in [3.63, 3.8) is 0 Å². The lowest BCUT2D eigenvalue weighted by Gasteiger charge is -2.36. The monoisotopic (exact) mass is 232 g/mol. The second-order valence-corrected chi connectivity index (χ2v) is 5.64. The van der Waals surface area contributed by atoms with Crippen LogP contribution in [0.2, 0.25) is 0 Å². The SMILES string of the molecule is CCNC(C)(C)CN1CCc2ccccc2C1. The van der Waals surface area contributed by atoms with E-state index in [2.05, 4.69) is 55.3 Å². The minimum absolute atomic E-state index is 0.209. The van der Waals surface area contributed by atoms with Gasteiger partial charge in [-0.25, -0.2) is 0 Å². The summed E-state index contributed by atoms with van der Waals surface area (Å²) in [6.07, 6.45) is 1.19. The summed E-state index contributed by atoms with van der Waals surface area (Å²) in [6.45, 7) is 11.2. The molecule has 1 N–H and O–H groups in total. The molecule has 0 saturated carbocycles. The highest BCUT2D eigenvalue weighted by atomic mass is 15.2. The van der Waals surface area contributed by atoms with Crippen molar-refractivity contribution in [2.45, 2.75) is 39.3 Å². The topological polar surface area (TPSA) is 15.3 Å². The Hall–Kier alpha value is -0.860. The molecule has 0 aromatic heterocycles. The first-order valence-electron chi connectivity index (χ1n) is 6.65. The molecular weight excluding hydrogens is 208 g/mol. The van der Waals surface area contributed by atoms with E-state index in [-0.39, 0.29) is 5.54 Å². The molecule has 17 heavy (non-hydrogen) atoms. The van der Waals surface area contributed by atoms with E-state index < -0.39 is 0 Å². The minimum atomic E-state index is 0.209. The quantitative estimate of drug-likeness (QED) is 0.857. The standard InChI is InChI=1S/C15H24N2/c1-4-16-15(2,3)12-17-10-9-13-7-5-6-8-14(13)11-17/h5-8,16H,4,9-12H2,1-3H3. The van der Waals surface area contributed by atoms with E-state index >= 15 is 0 Å². The van der Waals surface area contributed by atoms with Crippen LogP contribution >= 0.6 is 0 Å². The second kappa shape index (κ2) is 5.19. The Morgan fingerprint density at radius 2 is 1.94 bits per heavy atom. The zero-order valence-electron chi connectivity index (χ0n) is 11.3. The smallest absolute Gasteiger partial charge is 0.0252 e. The van der Waals surface area contributed by atoms with E-state index in [1.54, 1.807) is 0 Å². The third-order valence-corrected chi connectivity index (χ3v) is 3.48. The van der Waals surface area contributed by atoms with Crippen LogP contribution in [-0.2, 0) is 13.0 Å². The molecule has 1 aromatic carbocycles. The fourth-order valence-electron chi connectivity index (χ4n) is 2.78. The maximum absolute atomic E-state index is 3.55. The van der Waals surface area contributed by atoms with Crippen molar-refractivity contribution >= 4 is 0 Å². The normalized spacial score (nSPS) is 16.9. The van der Waals surface area contributed by atoms with E-state index in [0.29, 0.717) is 0 Å². The zero-order valence-corrected chi connectivity index (χ0v) is 11.3. The van der Waals surface area contributed by atoms with Crippen molar-refractivity contribution in [3.8, 4) is 0 Å². The Bertz CT molecular complexity index is 371. The van der Waals surface area contributed by atoms with Gasteiger partial charge in [0.25, 0.3) is 0 Å². The lowest BCUT2D eigenvalue weighted by molar-refractivity contribution is 0.188. The largest absolute Gasteiger partial charge is 0.311 e. The molecule has 0 spiro atoms. The van der Waals surface area contributed by atoms with Gasteiger partial charge in [0, 0.05) is 25.2 Å². The summed E-state index contributed by atoms with van der Waals surface area (Å²) >= 11 is 0. The number of nitrogens with one attached hydrogen (secondary N) is 1. The molecule has 0 fully saturated rings. The molecule has 94 valence electrons. The Balaban J connectivity index is 1.98. The highest BCUT2D eigenvalue weighted by Crippen LogP contribution is 2.20. The van der Waals surface area contributed by atoms with Gasteiger partial charge in [-0.05, 0) is 37.9 Å². The molecule has 0 aliphatic carbocycles. The average Bonchev–Trinajstić information content (AvgIpc) is 2.28. The van der Waals surface area contributed by atoms with Gasteiger partial charge in [-0.1, -0.05) is 31.2 Å². The Morgan fingerprint density at radius 1 is 1.24 bits per heavy atom. The van der Waals surface area contributed by atoms with Gasteiger partial charge >= 0.3 is 0 Å². The Kier molecular flexibility index (Phi) is 3.85. The molecule has 0 unspecified atom stereocenters. The Labute approximate surface area is 105 Å². The van der Waals surface area contributed by atoms with Crippen LogP contribution in [0.3, 0.4) is 0 Å². The lowest BCUT2D eigenvalue weighted by Crippen LogP contribution is -2.50. The molecule has 1 heterocycles. The lowest BCUT2D eigenvalue weighted by atomic mass is 9.97. The molecule has 2 heteroatoms. The molecule has 0 amide bonds. The Morgan fingerprint density at radius 3 is 2.65 bits per heavy atom. The number of rotatable bonds is 4. The van der Waals surface area contributed by atoms with Crippen LogP contribution in [0.5, 0.6) is 0 Å². The van der Waals surface area contributed by atoms with E-state index in [0.717, 1.165) is 19.6 Å². The summed E-state index contributed by atoms with van der Waals surface area (Å²) in [6, 6.07) is 8.83. The van der Waals surface area contributed by atoms with Crippen LogP contribution in [0, 0.1) is 0 Å². The number of nitrogens with zero attached hydrogens (tertiary/aromatic N) is 1. The summed E-state index contributed by atoms with van der Waals surface area (Å²) in [7, 11) is 0. The van der Waals surface area contributed by atoms with Crippen molar-refractivity contribution in [1.82, 2.24) is 10.2 Å². The van der Waals surface area contributed by atoms with Gasteiger partial charge in [0.1, 0.15) is 0 Å². The molecule has 0 saturated heterocycles. The fraction of sp³-hybridized carbons (Fsp3) is 0.600. The zero-order chi connectivity index (χ0) is 12.3. The van der Waals surface area contributed by atoms with Gasteiger partial charge in [-0.15, -0.1) is 0 Å². The summed E-state index contributed by atoms with van der Waals surface area (Å²) in [5.41, 5.74) is 3.25. The molecular formula is C15H24N2. The number of fused-ring (bicyclic) bond motifs is 1. The third kappa shape index (κ3) is 3.30. The molecule has 1 aromatic rings. The van der Waals surface area contributed by atoms with Gasteiger partial charge in [0.05, 0.1) is 0 Å². The highest BCUT2D eigenvalue weighted by molar-refractivity contribution is 5.29. The first kappa shape index (κ1) is 12.6. The molecule has 1 aliphatic rings. The van der Waals surface area contributed by atoms with E-state index in [9.17, 15) is 0 Å². The van der Waals surface area contributed by atoms with Crippen LogP contribution in [-0.4, -0.2) is 30.1 Å². The predicted octanol–water partition coefficient (Wildman–Crippen LogP) is 2.43. The van der Waals surface area contributed by atoms with Crippen LogP contribution in [0.15, 0.2) is 24.3 Å². The van der Waals surface area contributed by atoms with Crippen molar-refractivity contribution in [2.75, 3.05) is 19.6 Å². The predicted molar refractivity (Wildman–Crippen MR) is 73.2 cm³/mol. The molecule has 0 bridgehead atoms. The van der Waals surface area contributed by atoms with Crippen LogP contribution < -0.4 is 5.32 Å². The molecule has 2 nitrogen and oxygen atoms in total. The van der Waals surface area contributed by atoms with E-state index in [1.807, 2.05) is 0 Å². The molecule has 1 aliphatic heterocycles. The van der Waals surface area contributed by atoms with Gasteiger partial charge in [0.15, 0.2) is 0 Å². The summed E-state index contributed by atoms with van der Waals surface area (Å²) in [5, 5.41) is 3.55. The van der Waals surface area contributed by atoms with Gasteiger partial charge in [0.2, 0.25) is 0 Å². The maximum Gasteiger partial charge on any atom is 0.0252 e. The highest BCUT2D eigenvalue weighted by Gasteiger charge is 2.23. The number of hydrogen-bond acceptors (Lipinski definition) is 2. The van der Waals surface area contributed by atoms with E-state index in [1.165, 1.54) is 24.1 Å². The van der Waals surface area contributed by atoms with Gasteiger partial charge < -0.3 is 5.32 Å². The maximum atomic E-state index is 3.55. The third-order valence-electron chi connectivity index (χ3n) is 3.48. The van der Waals surface area contributed by atoms with Crippen molar-refractivity contribution in [1.29, 1.82) is 0 Å². The van der Waals surface area contributed by atoms with Gasteiger partial charge in [-0.2, -0.15) is 0 Å². The van der Waals surface area contributed by atoms with Crippen LogP contribution in [0.1, 0.15) is 31.9 Å². The van der Waals surface area contributed by atoms with Crippen LogP contribution in [0.25, 0.3) is 0 Å². The van der Waals surface area contributed by atoms with Crippen molar-refractivity contribution < 1.29 is 0 Å². The molecule has 0 radical (unpaired) electrons. The first-order chi connectivity index (χ1) is 8.11. The average molecular weight is 232 g/mol. The number of likely N-dealkylation sites (N-methyl/N-ethyl adjacent to an activating group) is 1. The summed E-state index contributed by atoms with van der Waals surface area (Å²) < 4.78 is 0. The summed E-state index contributed by atoms with van der Waals surface area (Å²) in [4.78, 5) is 2.56. The van der Waals surface area contributed by atoms with Crippen molar-refractivity contribution in [3.05, 3.63) is 35.4 Å². The van der Waals surface area contributed by atoms with Gasteiger partial charge in [-0.3, -0.25) is 4.90 Å².